The number of hydrogen-bond donors (Lipinski definition) is 0. The van der Waals surface area contributed by atoms with Gasteiger partial charge in [-0.25, -0.2) is 0 Å². The molecular formula is C23H41I2P. The van der Waals surface area contributed by atoms with Crippen LogP contribution in [0.1, 0.15) is 109 Å². The molecule has 0 amide bonds. The second kappa shape index (κ2) is 13.0. The Labute approximate surface area is 195 Å². The van der Waals surface area contributed by atoms with Gasteiger partial charge in [0.15, 0.2) is 0 Å². The molecule has 0 aliphatic heterocycles. The van der Waals surface area contributed by atoms with Gasteiger partial charge in [-0.15, -0.1) is 0 Å². The first-order chi connectivity index (χ1) is 12.4. The molecule has 0 aromatic rings. The van der Waals surface area contributed by atoms with Crippen LogP contribution in [0.5, 0.6) is 0 Å². The highest BCUT2D eigenvalue weighted by molar-refractivity contribution is 14.1. The summed E-state index contributed by atoms with van der Waals surface area (Å²) >= 11 is 2.41. The second-order valence-electron chi connectivity index (χ2n) is 9.10. The fraction of sp³-hybridized carbons (Fsp3) is 0.913. The molecule has 0 bridgehead atoms. The lowest BCUT2D eigenvalue weighted by atomic mass is 9.99. The molecule has 0 unspecified atom stereocenters. The van der Waals surface area contributed by atoms with Gasteiger partial charge < -0.3 is 24.0 Å². The number of halogens is 2. The zero-order chi connectivity index (χ0) is 17.4. The van der Waals surface area contributed by atoms with E-state index in [1.54, 1.807) is 83.2 Å². The number of unbranched alkanes of at least 4 members (excludes halogenated alkanes) is 1. The second-order valence-corrected chi connectivity index (χ2v) is 14.4. The molecule has 0 heterocycles. The van der Waals surface area contributed by atoms with E-state index in [0.29, 0.717) is 0 Å². The molecule has 0 radical (unpaired) electrons. The van der Waals surface area contributed by atoms with Crippen LogP contribution in [0.15, 0.2) is 10.2 Å². The average Bonchev–Trinajstić information content (AvgIpc) is 2.70. The van der Waals surface area contributed by atoms with Gasteiger partial charge in [0.1, 0.15) is 0 Å². The van der Waals surface area contributed by atoms with Crippen LogP contribution in [0.4, 0.5) is 0 Å². The smallest absolute Gasteiger partial charge is 0.0703 e. The normalized spacial score (nSPS) is 24.7. The van der Waals surface area contributed by atoms with Crippen LogP contribution in [0.2, 0.25) is 0 Å². The molecular weight excluding hydrogens is 561 g/mol. The Morgan fingerprint density at radius 1 is 0.654 bits per heavy atom. The molecule has 3 saturated carbocycles. The molecule has 3 aliphatic carbocycles. The molecule has 3 heteroatoms. The summed E-state index contributed by atoms with van der Waals surface area (Å²) in [4.78, 5) is 0. The monoisotopic (exact) mass is 602 g/mol. The molecule has 0 spiro atoms. The first-order valence-electron chi connectivity index (χ1n) is 11.5. The lowest BCUT2D eigenvalue weighted by Crippen LogP contribution is -3.00. The van der Waals surface area contributed by atoms with Crippen molar-refractivity contribution in [2.24, 2.45) is 0 Å². The van der Waals surface area contributed by atoms with Gasteiger partial charge in [0.2, 0.25) is 0 Å². The van der Waals surface area contributed by atoms with Crippen LogP contribution in [0, 0.1) is 0 Å². The maximum atomic E-state index is 2.43. The van der Waals surface area contributed by atoms with Crippen molar-refractivity contribution >= 4 is 29.9 Å². The van der Waals surface area contributed by atoms with E-state index < -0.39 is 7.26 Å². The standard InChI is InChI=1S/C23H41IP.HI/c24-19-11-4-12-20-25(21-13-5-1-6-14-21,22-15-7-2-8-16-22)23-17-9-3-10-18-23;/h11,19,21-23H,1-10,12-18,20H2;1H/q+1;/p-1/b19-11+;. The zero-order valence-electron chi connectivity index (χ0n) is 16.8. The molecule has 0 aromatic heterocycles. The molecule has 0 saturated heterocycles. The van der Waals surface area contributed by atoms with Gasteiger partial charge in [-0.3, -0.25) is 0 Å². The molecule has 26 heavy (non-hydrogen) atoms. The van der Waals surface area contributed by atoms with Crippen LogP contribution < -0.4 is 24.0 Å². The number of allylic oxidation sites excluding steroid dienone is 1. The third-order valence-electron chi connectivity index (χ3n) is 7.77. The molecule has 0 N–H and O–H groups in total. The summed E-state index contributed by atoms with van der Waals surface area (Å²) in [6, 6.07) is 0. The predicted octanol–water partition coefficient (Wildman–Crippen LogP) is 5.74. The highest BCUT2D eigenvalue weighted by Gasteiger charge is 2.56. The Morgan fingerprint density at radius 3 is 1.38 bits per heavy atom. The van der Waals surface area contributed by atoms with E-state index in [9.17, 15) is 0 Å². The van der Waals surface area contributed by atoms with E-state index in [2.05, 4.69) is 32.7 Å². The Bertz CT molecular complexity index is 345. The van der Waals surface area contributed by atoms with E-state index in [1.807, 2.05) is 0 Å². The summed E-state index contributed by atoms with van der Waals surface area (Å²) in [7, 11) is -0.799. The Morgan fingerprint density at radius 2 is 1.04 bits per heavy atom. The molecule has 3 rings (SSSR count). The molecule has 3 aliphatic rings. The van der Waals surface area contributed by atoms with Crippen molar-refractivity contribution < 1.29 is 24.0 Å². The van der Waals surface area contributed by atoms with E-state index in [1.165, 1.54) is 49.1 Å². The topological polar surface area (TPSA) is 0 Å². The summed E-state index contributed by atoms with van der Waals surface area (Å²) < 4.78 is 2.25. The Kier molecular flexibility index (Phi) is 12.0. The number of hydrogen-bond acceptors (Lipinski definition) is 0. The van der Waals surface area contributed by atoms with E-state index in [-0.39, 0.29) is 24.0 Å². The molecule has 3 fully saturated rings. The quantitative estimate of drug-likeness (QED) is 0.198. The maximum Gasteiger partial charge on any atom is 0.0703 e. The van der Waals surface area contributed by atoms with Crippen LogP contribution in [0.3, 0.4) is 0 Å². The van der Waals surface area contributed by atoms with Gasteiger partial charge in [-0.2, -0.15) is 0 Å². The zero-order valence-corrected chi connectivity index (χ0v) is 22.0. The largest absolute Gasteiger partial charge is 1.00 e. The van der Waals surface area contributed by atoms with Gasteiger partial charge in [0.25, 0.3) is 0 Å². The maximum absolute atomic E-state index is 2.43. The van der Waals surface area contributed by atoms with E-state index in [0.717, 1.165) is 0 Å². The van der Waals surface area contributed by atoms with Crippen LogP contribution in [0.25, 0.3) is 0 Å². The van der Waals surface area contributed by atoms with Gasteiger partial charge in [0.05, 0.1) is 23.1 Å². The van der Waals surface area contributed by atoms with Crippen LogP contribution >= 0.6 is 29.9 Å². The van der Waals surface area contributed by atoms with Crippen molar-refractivity contribution in [1.29, 1.82) is 0 Å². The lowest BCUT2D eigenvalue weighted by Gasteiger charge is -2.49. The van der Waals surface area contributed by atoms with E-state index >= 15 is 0 Å². The van der Waals surface area contributed by atoms with Gasteiger partial charge in [-0.05, 0) is 94.0 Å². The minimum atomic E-state index is -0.799. The highest BCUT2D eigenvalue weighted by Crippen LogP contribution is 2.77. The Balaban J connectivity index is 0.00000243. The first kappa shape index (κ1) is 23.9. The SMILES string of the molecule is I/C=C/CCC[P+](C1CCCCC1)(C1CCCCC1)C1CCCCC1.[I-]. The summed E-state index contributed by atoms with van der Waals surface area (Å²) in [5.74, 6) is 0. The van der Waals surface area contributed by atoms with Gasteiger partial charge in [-0.1, -0.05) is 47.9 Å². The van der Waals surface area contributed by atoms with Crippen molar-refractivity contribution in [2.75, 3.05) is 6.16 Å². The third kappa shape index (κ3) is 6.07. The fourth-order valence-electron chi connectivity index (χ4n) is 6.67. The first-order valence-corrected chi connectivity index (χ1v) is 14.9. The van der Waals surface area contributed by atoms with Crippen LogP contribution in [-0.2, 0) is 0 Å². The molecule has 0 nitrogen and oxygen atoms in total. The summed E-state index contributed by atoms with van der Waals surface area (Å²) in [5.41, 5.74) is 3.53. The minimum absolute atomic E-state index is 0. The molecule has 152 valence electrons. The summed E-state index contributed by atoms with van der Waals surface area (Å²) in [6.45, 7) is 0. The summed E-state index contributed by atoms with van der Waals surface area (Å²) in [5, 5.41) is 0. The van der Waals surface area contributed by atoms with Crippen molar-refractivity contribution in [3.8, 4) is 0 Å². The van der Waals surface area contributed by atoms with E-state index in [4.69, 9.17) is 0 Å². The lowest BCUT2D eigenvalue weighted by molar-refractivity contribution is -0.00000514. The van der Waals surface area contributed by atoms with Gasteiger partial charge in [0, 0.05) is 7.26 Å². The van der Waals surface area contributed by atoms with Crippen molar-refractivity contribution in [2.45, 2.75) is 126 Å². The molecule has 0 atom stereocenters. The van der Waals surface area contributed by atoms with Crippen molar-refractivity contribution in [3.05, 3.63) is 10.2 Å². The highest BCUT2D eigenvalue weighted by atomic mass is 127. The van der Waals surface area contributed by atoms with Crippen LogP contribution in [-0.4, -0.2) is 23.1 Å². The number of rotatable bonds is 7. The minimum Gasteiger partial charge on any atom is -1.00 e. The average molecular weight is 602 g/mol. The predicted molar refractivity (Wildman–Crippen MR) is 125 cm³/mol. The van der Waals surface area contributed by atoms with Crippen molar-refractivity contribution in [1.82, 2.24) is 0 Å². The van der Waals surface area contributed by atoms with Gasteiger partial charge >= 0.3 is 0 Å². The third-order valence-corrected chi connectivity index (χ3v) is 15.0. The molecule has 0 aromatic carbocycles. The fourth-order valence-corrected chi connectivity index (χ4v) is 14.6. The Hall–Kier alpha value is 1.63. The van der Waals surface area contributed by atoms with Crippen molar-refractivity contribution in [3.63, 3.8) is 0 Å². The summed E-state index contributed by atoms with van der Waals surface area (Å²) in [6.07, 6.45) is 30.5.